The van der Waals surface area contributed by atoms with Gasteiger partial charge in [0.25, 0.3) is 5.91 Å². The van der Waals surface area contributed by atoms with E-state index in [1.54, 1.807) is 0 Å². The van der Waals surface area contributed by atoms with Gasteiger partial charge >= 0.3 is 12.4 Å². The predicted octanol–water partition coefficient (Wildman–Crippen LogP) is 7.54. The third kappa shape index (κ3) is 4.73. The molecule has 0 saturated heterocycles. The zero-order chi connectivity index (χ0) is 22.3. The summed E-state index contributed by atoms with van der Waals surface area (Å²) >= 11 is 11.4. The summed E-state index contributed by atoms with van der Waals surface area (Å²) in [6.45, 7) is 0. The fraction of sp³-hybridized carbons (Fsp3) is 0.105. The van der Waals surface area contributed by atoms with Crippen LogP contribution in [0.15, 0.2) is 52.9 Å². The molecule has 1 amide bonds. The molecule has 0 unspecified atom stereocenters. The van der Waals surface area contributed by atoms with Crippen LogP contribution in [0.3, 0.4) is 0 Å². The number of hydrogen-bond acceptors (Lipinski definition) is 2. The van der Waals surface area contributed by atoms with E-state index in [1.807, 2.05) is 0 Å². The highest BCUT2D eigenvalue weighted by Gasteiger charge is 2.34. The van der Waals surface area contributed by atoms with Gasteiger partial charge in [0.15, 0.2) is 5.76 Å². The minimum atomic E-state index is -4.73. The van der Waals surface area contributed by atoms with Crippen LogP contribution in [0.25, 0.3) is 11.3 Å². The Hall–Kier alpha value is -2.65. The number of halogens is 8. The number of carbonyl (C=O) groups excluding carboxylic acids is 1. The molecule has 2 aromatic carbocycles. The van der Waals surface area contributed by atoms with Crippen molar-refractivity contribution >= 4 is 34.8 Å². The maximum Gasteiger partial charge on any atom is 0.417 e. The minimum absolute atomic E-state index is 0.0446. The van der Waals surface area contributed by atoms with Crippen molar-refractivity contribution < 1.29 is 35.6 Å². The summed E-state index contributed by atoms with van der Waals surface area (Å²) in [6.07, 6.45) is -9.34. The number of furan rings is 1. The first-order valence-corrected chi connectivity index (χ1v) is 8.77. The number of amides is 1. The second kappa shape index (κ2) is 7.88. The largest absolute Gasteiger partial charge is 0.451 e. The van der Waals surface area contributed by atoms with Gasteiger partial charge < -0.3 is 9.73 Å². The highest BCUT2D eigenvalue weighted by atomic mass is 35.5. The van der Waals surface area contributed by atoms with E-state index in [4.69, 9.17) is 27.6 Å². The lowest BCUT2D eigenvalue weighted by atomic mass is 10.1. The molecule has 11 heteroatoms. The Bertz CT molecular complexity index is 1110. The van der Waals surface area contributed by atoms with E-state index in [-0.39, 0.29) is 27.8 Å². The maximum absolute atomic E-state index is 12.9. The van der Waals surface area contributed by atoms with Gasteiger partial charge in [-0.2, -0.15) is 26.3 Å². The Morgan fingerprint density at radius 1 is 0.833 bits per heavy atom. The van der Waals surface area contributed by atoms with Gasteiger partial charge in [-0.05, 0) is 48.5 Å². The van der Waals surface area contributed by atoms with Crippen molar-refractivity contribution in [2.45, 2.75) is 12.4 Å². The van der Waals surface area contributed by atoms with Gasteiger partial charge in [-0.15, -0.1) is 0 Å². The van der Waals surface area contributed by atoms with Crippen molar-refractivity contribution in [1.29, 1.82) is 0 Å². The molecule has 1 N–H and O–H groups in total. The highest BCUT2D eigenvalue weighted by Crippen LogP contribution is 2.38. The molecule has 0 fully saturated rings. The summed E-state index contributed by atoms with van der Waals surface area (Å²) in [5.74, 6) is -1.38. The molecule has 158 valence electrons. The quantitative estimate of drug-likeness (QED) is 0.404. The maximum atomic E-state index is 12.9. The van der Waals surface area contributed by atoms with E-state index in [9.17, 15) is 31.1 Å². The molecule has 30 heavy (non-hydrogen) atoms. The summed E-state index contributed by atoms with van der Waals surface area (Å²) in [5, 5.41) is 1.62. The molecule has 3 rings (SSSR count). The molecule has 3 aromatic rings. The van der Waals surface area contributed by atoms with Crippen LogP contribution >= 0.6 is 23.2 Å². The fourth-order valence-corrected chi connectivity index (χ4v) is 2.94. The number of rotatable bonds is 3. The molecule has 0 aliphatic heterocycles. The lowest BCUT2D eigenvalue weighted by molar-refractivity contribution is -0.138. The number of hydrogen-bond donors (Lipinski definition) is 1. The lowest BCUT2D eigenvalue weighted by Crippen LogP contribution is -2.12. The van der Waals surface area contributed by atoms with E-state index in [0.717, 1.165) is 36.4 Å². The summed E-state index contributed by atoms with van der Waals surface area (Å²) in [6, 6.07) is 7.74. The summed E-state index contributed by atoms with van der Waals surface area (Å²) in [4.78, 5) is 12.3. The standard InChI is InChI=1S/C19H9Cl2F6NO2/c20-13-3-1-9(18(22,23)24)7-11(13)15-5-6-16(30-15)17(29)28-10-2-4-14(21)12(8-10)19(25,26)27/h1-8H,(H,28,29). The van der Waals surface area contributed by atoms with E-state index in [0.29, 0.717) is 6.07 Å². The van der Waals surface area contributed by atoms with E-state index in [1.165, 1.54) is 6.07 Å². The van der Waals surface area contributed by atoms with Crippen LogP contribution in [0, 0.1) is 0 Å². The van der Waals surface area contributed by atoms with Crippen LogP contribution in [0.1, 0.15) is 21.7 Å². The molecular weight excluding hydrogens is 459 g/mol. The van der Waals surface area contributed by atoms with Crippen molar-refractivity contribution in [3.8, 4) is 11.3 Å². The van der Waals surface area contributed by atoms with Crippen LogP contribution in [-0.4, -0.2) is 5.91 Å². The van der Waals surface area contributed by atoms with Gasteiger partial charge in [0.2, 0.25) is 0 Å². The molecule has 1 heterocycles. The number of benzene rings is 2. The molecule has 0 aliphatic carbocycles. The molecule has 3 nitrogen and oxygen atoms in total. The molecule has 0 saturated carbocycles. The third-order valence-electron chi connectivity index (χ3n) is 3.92. The van der Waals surface area contributed by atoms with Crippen LogP contribution < -0.4 is 5.32 Å². The minimum Gasteiger partial charge on any atom is -0.451 e. The molecule has 0 bridgehead atoms. The zero-order valence-corrected chi connectivity index (χ0v) is 16.0. The lowest BCUT2D eigenvalue weighted by Gasteiger charge is -2.11. The van der Waals surface area contributed by atoms with Gasteiger partial charge in [-0.25, -0.2) is 0 Å². The van der Waals surface area contributed by atoms with Crippen molar-refractivity contribution in [2.24, 2.45) is 0 Å². The summed E-state index contributed by atoms with van der Waals surface area (Å²) in [5.41, 5.74) is -2.41. The first kappa shape index (κ1) is 22.0. The predicted molar refractivity (Wildman–Crippen MR) is 98.6 cm³/mol. The average Bonchev–Trinajstić information content (AvgIpc) is 3.12. The first-order chi connectivity index (χ1) is 13.9. The fourth-order valence-electron chi connectivity index (χ4n) is 2.51. The highest BCUT2D eigenvalue weighted by molar-refractivity contribution is 6.33. The van der Waals surface area contributed by atoms with Crippen molar-refractivity contribution in [3.63, 3.8) is 0 Å². The number of nitrogens with one attached hydrogen (secondary N) is 1. The summed E-state index contributed by atoms with van der Waals surface area (Å²) in [7, 11) is 0. The Morgan fingerprint density at radius 2 is 1.50 bits per heavy atom. The Morgan fingerprint density at radius 3 is 2.13 bits per heavy atom. The molecule has 0 atom stereocenters. The van der Waals surface area contributed by atoms with Gasteiger partial charge in [-0.1, -0.05) is 23.2 Å². The van der Waals surface area contributed by atoms with Crippen molar-refractivity contribution in [2.75, 3.05) is 5.32 Å². The van der Waals surface area contributed by atoms with E-state index in [2.05, 4.69) is 5.32 Å². The van der Waals surface area contributed by atoms with Gasteiger partial charge in [0.1, 0.15) is 5.76 Å². The number of alkyl halides is 6. The Labute approximate surface area is 175 Å². The molecule has 0 radical (unpaired) electrons. The molecule has 0 aliphatic rings. The van der Waals surface area contributed by atoms with Crippen LogP contribution in [0.4, 0.5) is 32.0 Å². The second-order valence-electron chi connectivity index (χ2n) is 6.00. The first-order valence-electron chi connectivity index (χ1n) is 8.01. The van der Waals surface area contributed by atoms with Crippen molar-refractivity contribution in [1.82, 2.24) is 0 Å². The van der Waals surface area contributed by atoms with Crippen molar-refractivity contribution in [3.05, 3.63) is 75.5 Å². The smallest absolute Gasteiger partial charge is 0.417 e. The van der Waals surface area contributed by atoms with Crippen LogP contribution in [-0.2, 0) is 12.4 Å². The molecular formula is C19H9Cl2F6NO2. The van der Waals surface area contributed by atoms with Crippen LogP contribution in [0.5, 0.6) is 0 Å². The summed E-state index contributed by atoms with van der Waals surface area (Å²) < 4.78 is 82.8. The van der Waals surface area contributed by atoms with Gasteiger partial charge in [-0.3, -0.25) is 4.79 Å². The SMILES string of the molecule is O=C(Nc1ccc(Cl)c(C(F)(F)F)c1)c1ccc(-c2cc(C(F)(F)F)ccc2Cl)o1. The monoisotopic (exact) mass is 467 g/mol. The second-order valence-corrected chi connectivity index (χ2v) is 6.82. The van der Waals surface area contributed by atoms with Gasteiger partial charge in [0.05, 0.1) is 21.2 Å². The molecule has 0 spiro atoms. The zero-order valence-electron chi connectivity index (χ0n) is 14.5. The molecule has 1 aromatic heterocycles. The Kier molecular flexibility index (Phi) is 5.79. The Balaban J connectivity index is 1.86. The average molecular weight is 468 g/mol. The number of anilines is 1. The number of carbonyl (C=O) groups is 1. The van der Waals surface area contributed by atoms with E-state index < -0.39 is 34.4 Å². The normalized spacial score (nSPS) is 12.1. The van der Waals surface area contributed by atoms with E-state index >= 15 is 0 Å². The topological polar surface area (TPSA) is 42.2 Å². The third-order valence-corrected chi connectivity index (χ3v) is 4.58. The van der Waals surface area contributed by atoms with Gasteiger partial charge in [0, 0.05) is 11.3 Å². The van der Waals surface area contributed by atoms with Crippen LogP contribution in [0.2, 0.25) is 10.0 Å².